The number of aromatic nitrogens is 2. The fourth-order valence-electron chi connectivity index (χ4n) is 0.763. The Kier molecular flexibility index (Phi) is 2.58. The standard InChI is InChI=1S/C6H8N4O3/c1-7-6(11)4-9-3-2-5(8-9)10(12)13/h2-3H,4H2,1H3,(H,7,11). The van der Waals surface area contributed by atoms with Crippen LogP contribution < -0.4 is 5.32 Å². The van der Waals surface area contributed by atoms with Crippen molar-refractivity contribution in [2.24, 2.45) is 0 Å². The summed E-state index contributed by atoms with van der Waals surface area (Å²) in [6.07, 6.45) is 1.38. The van der Waals surface area contributed by atoms with Gasteiger partial charge in [0.2, 0.25) is 5.91 Å². The summed E-state index contributed by atoms with van der Waals surface area (Å²) in [7, 11) is 1.49. The molecule has 0 spiro atoms. The summed E-state index contributed by atoms with van der Waals surface area (Å²) in [6, 6.07) is 1.24. The van der Waals surface area contributed by atoms with Gasteiger partial charge in [0.15, 0.2) is 0 Å². The van der Waals surface area contributed by atoms with Crippen LogP contribution in [0.25, 0.3) is 0 Å². The third-order valence-electron chi connectivity index (χ3n) is 1.40. The lowest BCUT2D eigenvalue weighted by atomic mass is 10.6. The number of carbonyl (C=O) groups excluding carboxylic acids is 1. The Morgan fingerprint density at radius 2 is 2.54 bits per heavy atom. The summed E-state index contributed by atoms with van der Waals surface area (Å²) >= 11 is 0. The fourth-order valence-corrected chi connectivity index (χ4v) is 0.763. The first-order chi connectivity index (χ1) is 6.13. The third-order valence-corrected chi connectivity index (χ3v) is 1.40. The van der Waals surface area contributed by atoms with Crippen molar-refractivity contribution in [1.29, 1.82) is 0 Å². The van der Waals surface area contributed by atoms with Gasteiger partial charge in [-0.15, -0.1) is 0 Å². The molecule has 0 saturated heterocycles. The van der Waals surface area contributed by atoms with Gasteiger partial charge in [-0.2, -0.15) is 4.68 Å². The van der Waals surface area contributed by atoms with Crippen LogP contribution in [0.2, 0.25) is 0 Å². The smallest absolute Gasteiger partial charge is 0.358 e. The van der Waals surface area contributed by atoms with E-state index in [0.29, 0.717) is 0 Å². The second-order valence-electron chi connectivity index (χ2n) is 2.30. The second kappa shape index (κ2) is 3.65. The summed E-state index contributed by atoms with van der Waals surface area (Å²) in [5.74, 6) is -0.512. The van der Waals surface area contributed by atoms with Gasteiger partial charge < -0.3 is 15.4 Å². The van der Waals surface area contributed by atoms with Gasteiger partial charge in [0, 0.05) is 7.05 Å². The zero-order valence-corrected chi connectivity index (χ0v) is 6.93. The van der Waals surface area contributed by atoms with Crippen molar-refractivity contribution in [1.82, 2.24) is 15.1 Å². The maximum absolute atomic E-state index is 10.8. The van der Waals surface area contributed by atoms with Crippen LogP contribution >= 0.6 is 0 Å². The Morgan fingerprint density at radius 3 is 3.00 bits per heavy atom. The molecular formula is C6H8N4O3. The first-order valence-electron chi connectivity index (χ1n) is 3.52. The molecule has 0 unspecified atom stereocenters. The Bertz CT molecular complexity index is 332. The molecule has 1 aromatic heterocycles. The van der Waals surface area contributed by atoms with Gasteiger partial charge in [-0.3, -0.25) is 4.79 Å². The maximum Gasteiger partial charge on any atom is 0.389 e. The molecule has 0 aromatic carbocycles. The molecule has 7 nitrogen and oxygen atoms in total. The fraction of sp³-hybridized carbons (Fsp3) is 0.333. The van der Waals surface area contributed by atoms with Crippen molar-refractivity contribution in [2.75, 3.05) is 7.05 Å². The molecule has 0 aliphatic carbocycles. The quantitative estimate of drug-likeness (QED) is 0.508. The maximum atomic E-state index is 10.8. The summed E-state index contributed by atoms with van der Waals surface area (Å²) in [4.78, 5) is 20.4. The molecule has 1 rings (SSSR count). The Balaban J connectivity index is 2.69. The van der Waals surface area contributed by atoms with E-state index in [4.69, 9.17) is 0 Å². The molecule has 0 aliphatic heterocycles. The Labute approximate surface area is 73.5 Å². The zero-order valence-electron chi connectivity index (χ0n) is 6.93. The lowest BCUT2D eigenvalue weighted by Gasteiger charge is -1.94. The minimum atomic E-state index is -0.611. The van der Waals surface area contributed by atoms with E-state index in [9.17, 15) is 14.9 Å². The number of likely N-dealkylation sites (N-methyl/N-ethyl adjacent to an activating group) is 1. The molecule has 0 atom stereocenters. The van der Waals surface area contributed by atoms with E-state index in [1.807, 2.05) is 0 Å². The molecule has 1 aromatic rings. The van der Waals surface area contributed by atoms with Gasteiger partial charge in [-0.05, 0) is 4.92 Å². The van der Waals surface area contributed by atoms with Crippen LogP contribution in [-0.2, 0) is 11.3 Å². The number of hydrogen-bond donors (Lipinski definition) is 1. The molecule has 7 heteroatoms. The van der Waals surface area contributed by atoms with E-state index in [-0.39, 0.29) is 18.3 Å². The highest BCUT2D eigenvalue weighted by atomic mass is 16.6. The van der Waals surface area contributed by atoms with Gasteiger partial charge in [-0.25, -0.2) is 0 Å². The van der Waals surface area contributed by atoms with Gasteiger partial charge in [0.05, 0.1) is 17.4 Å². The molecule has 1 heterocycles. The molecule has 0 aliphatic rings. The average molecular weight is 184 g/mol. The number of nitro groups is 1. The first kappa shape index (κ1) is 9.17. The molecule has 1 amide bonds. The van der Waals surface area contributed by atoms with Crippen LogP contribution in [0.1, 0.15) is 0 Å². The normalized spacial score (nSPS) is 9.62. The highest BCUT2D eigenvalue weighted by Crippen LogP contribution is 2.04. The Hall–Kier alpha value is -1.92. The van der Waals surface area contributed by atoms with E-state index < -0.39 is 4.92 Å². The topological polar surface area (TPSA) is 90.1 Å². The summed E-state index contributed by atoms with van der Waals surface area (Å²) in [5.41, 5.74) is 0. The average Bonchev–Trinajstić information content (AvgIpc) is 2.52. The number of rotatable bonds is 3. The molecule has 0 fully saturated rings. The van der Waals surface area contributed by atoms with Gasteiger partial charge >= 0.3 is 5.82 Å². The van der Waals surface area contributed by atoms with E-state index >= 15 is 0 Å². The second-order valence-corrected chi connectivity index (χ2v) is 2.30. The number of nitrogens with one attached hydrogen (secondary N) is 1. The molecular weight excluding hydrogens is 176 g/mol. The van der Waals surface area contributed by atoms with Gasteiger partial charge in [0.25, 0.3) is 0 Å². The molecule has 0 saturated carbocycles. The summed E-state index contributed by atoms with van der Waals surface area (Å²) in [6.45, 7) is -0.00958. The van der Waals surface area contributed by atoms with E-state index in [0.717, 1.165) is 0 Å². The van der Waals surface area contributed by atoms with Crippen molar-refractivity contribution >= 4 is 11.7 Å². The minimum Gasteiger partial charge on any atom is -0.358 e. The molecule has 13 heavy (non-hydrogen) atoms. The van der Waals surface area contributed by atoms with Gasteiger partial charge in [0.1, 0.15) is 6.54 Å². The summed E-state index contributed by atoms with van der Waals surface area (Å²) in [5, 5.41) is 16.1. The summed E-state index contributed by atoms with van der Waals surface area (Å²) < 4.78 is 1.21. The van der Waals surface area contributed by atoms with Crippen molar-refractivity contribution < 1.29 is 9.72 Å². The Morgan fingerprint density at radius 1 is 1.85 bits per heavy atom. The van der Waals surface area contributed by atoms with Crippen LogP contribution in [0, 0.1) is 10.1 Å². The third kappa shape index (κ3) is 2.26. The molecule has 70 valence electrons. The van der Waals surface area contributed by atoms with Crippen LogP contribution in [0.4, 0.5) is 5.82 Å². The number of carbonyl (C=O) groups is 1. The lowest BCUT2D eigenvalue weighted by molar-refractivity contribution is -0.389. The van der Waals surface area contributed by atoms with E-state index in [1.54, 1.807) is 0 Å². The SMILES string of the molecule is CNC(=O)Cn1ccc([N+](=O)[O-])n1. The lowest BCUT2D eigenvalue weighted by Crippen LogP contribution is -2.23. The predicted molar refractivity (Wildman–Crippen MR) is 42.9 cm³/mol. The van der Waals surface area contributed by atoms with E-state index in [1.165, 1.54) is 24.0 Å². The zero-order chi connectivity index (χ0) is 9.84. The predicted octanol–water partition coefficient (Wildman–Crippen LogP) is -0.463. The van der Waals surface area contributed by atoms with Crippen LogP contribution in [-0.4, -0.2) is 27.7 Å². The highest BCUT2D eigenvalue weighted by Gasteiger charge is 2.11. The molecule has 0 bridgehead atoms. The highest BCUT2D eigenvalue weighted by molar-refractivity contribution is 5.75. The van der Waals surface area contributed by atoms with Crippen LogP contribution in [0.15, 0.2) is 12.3 Å². The van der Waals surface area contributed by atoms with Crippen molar-refractivity contribution in [2.45, 2.75) is 6.54 Å². The minimum absolute atomic E-state index is 0.00958. The van der Waals surface area contributed by atoms with Crippen molar-refractivity contribution in [3.05, 3.63) is 22.4 Å². The van der Waals surface area contributed by atoms with Crippen LogP contribution in [0.5, 0.6) is 0 Å². The van der Waals surface area contributed by atoms with E-state index in [2.05, 4.69) is 10.4 Å². The number of amides is 1. The molecule has 1 N–H and O–H groups in total. The van der Waals surface area contributed by atoms with Gasteiger partial charge in [-0.1, -0.05) is 0 Å². The largest absolute Gasteiger partial charge is 0.389 e. The number of hydrogen-bond acceptors (Lipinski definition) is 4. The van der Waals surface area contributed by atoms with Crippen molar-refractivity contribution in [3.8, 4) is 0 Å². The monoisotopic (exact) mass is 184 g/mol. The van der Waals surface area contributed by atoms with Crippen LogP contribution in [0.3, 0.4) is 0 Å². The van der Waals surface area contributed by atoms with Crippen molar-refractivity contribution in [3.63, 3.8) is 0 Å². The molecule has 0 radical (unpaired) electrons. The first-order valence-corrected chi connectivity index (χ1v) is 3.52. The number of nitrogens with zero attached hydrogens (tertiary/aromatic N) is 3.